The summed E-state index contributed by atoms with van der Waals surface area (Å²) >= 11 is 0. The Morgan fingerprint density at radius 1 is 0.763 bits per heavy atom. The highest BCUT2D eigenvalue weighted by Crippen LogP contribution is 2.27. The van der Waals surface area contributed by atoms with E-state index < -0.39 is 19.9 Å². The van der Waals surface area contributed by atoms with Crippen LogP contribution in [-0.2, 0) is 32.7 Å². The van der Waals surface area contributed by atoms with Crippen LogP contribution in [0, 0.1) is 0 Å². The van der Waals surface area contributed by atoms with E-state index in [-0.39, 0.29) is 16.3 Å². The second-order valence-electron chi connectivity index (χ2n) is 9.32. The minimum absolute atomic E-state index is 0.172. The van der Waals surface area contributed by atoms with Gasteiger partial charge in [0.05, 0.1) is 15.5 Å². The molecule has 0 bridgehead atoms. The number of sulfonamides is 1. The number of sulfone groups is 1. The zero-order valence-corrected chi connectivity index (χ0v) is 23.3. The summed E-state index contributed by atoms with van der Waals surface area (Å²) in [5.74, 6) is 0.657. The molecule has 0 radical (unpaired) electrons. The lowest BCUT2D eigenvalue weighted by Gasteiger charge is -2.08. The lowest BCUT2D eigenvalue weighted by molar-refractivity contribution is 0.581. The van der Waals surface area contributed by atoms with Gasteiger partial charge in [-0.25, -0.2) is 26.5 Å². The molecular weight excluding hydrogens is 518 g/mol. The molecule has 0 fully saturated rings. The van der Waals surface area contributed by atoms with Crippen LogP contribution in [0.4, 0.5) is 0 Å². The number of rotatable bonds is 12. The van der Waals surface area contributed by atoms with Crippen molar-refractivity contribution >= 4 is 19.9 Å². The number of hydrogen-bond donors (Lipinski definition) is 2. The predicted octanol–water partition coefficient (Wildman–Crippen LogP) is 5.40. The molecule has 4 aromatic rings. The summed E-state index contributed by atoms with van der Waals surface area (Å²) in [7, 11) is -6.99. The van der Waals surface area contributed by atoms with Gasteiger partial charge >= 0.3 is 0 Å². The minimum atomic E-state index is -3.67. The molecule has 0 unspecified atom stereocenters. The fourth-order valence-corrected chi connectivity index (χ4v) is 5.89. The van der Waals surface area contributed by atoms with Crippen LogP contribution in [0.3, 0.4) is 0 Å². The summed E-state index contributed by atoms with van der Waals surface area (Å²) in [5.41, 5.74) is 4.18. The molecule has 0 amide bonds. The number of aryl methyl sites for hydroxylation is 1. The monoisotopic (exact) mass is 551 g/mol. The summed E-state index contributed by atoms with van der Waals surface area (Å²) in [6.07, 6.45) is 5.88. The first-order chi connectivity index (χ1) is 18.2. The normalized spacial score (nSPS) is 12.1. The van der Waals surface area contributed by atoms with E-state index in [4.69, 9.17) is 4.98 Å². The minimum Gasteiger partial charge on any atom is -0.341 e. The first kappa shape index (κ1) is 27.8. The number of H-pyrrole nitrogens is 1. The first-order valence-electron chi connectivity index (χ1n) is 12.7. The largest absolute Gasteiger partial charge is 0.341 e. The van der Waals surface area contributed by atoms with Crippen LogP contribution in [0.1, 0.15) is 37.4 Å². The molecule has 0 atom stereocenters. The van der Waals surface area contributed by atoms with Crippen LogP contribution in [0.15, 0.2) is 88.7 Å². The van der Waals surface area contributed by atoms with Gasteiger partial charge in [-0.15, -0.1) is 0 Å². The van der Waals surface area contributed by atoms with Crippen molar-refractivity contribution in [2.45, 2.75) is 48.8 Å². The number of nitrogens with zero attached hydrogens (tertiary/aromatic N) is 1. The summed E-state index contributed by atoms with van der Waals surface area (Å²) in [4.78, 5) is 8.58. The zero-order chi connectivity index (χ0) is 27.2. The van der Waals surface area contributed by atoms with Crippen molar-refractivity contribution in [2.24, 2.45) is 0 Å². The van der Waals surface area contributed by atoms with E-state index in [0.717, 1.165) is 48.1 Å². The number of imidazole rings is 1. The van der Waals surface area contributed by atoms with Gasteiger partial charge in [0.25, 0.3) is 0 Å². The molecule has 0 aliphatic heterocycles. The Bertz CT molecular complexity index is 1560. The van der Waals surface area contributed by atoms with E-state index in [1.165, 1.54) is 6.26 Å². The molecule has 7 nitrogen and oxygen atoms in total. The van der Waals surface area contributed by atoms with Crippen molar-refractivity contribution in [2.75, 3.05) is 12.8 Å². The molecule has 1 heterocycles. The molecule has 38 heavy (non-hydrogen) atoms. The fraction of sp³-hybridized carbons (Fsp3) is 0.276. The molecule has 9 heteroatoms. The fourth-order valence-electron chi connectivity index (χ4n) is 4.23. The molecule has 0 aliphatic rings. The molecule has 2 N–H and O–H groups in total. The lowest BCUT2D eigenvalue weighted by Crippen LogP contribution is -2.26. The topological polar surface area (TPSA) is 109 Å². The Kier molecular flexibility index (Phi) is 8.81. The summed E-state index contributed by atoms with van der Waals surface area (Å²) < 4.78 is 52.3. The maximum Gasteiger partial charge on any atom is 0.240 e. The molecule has 0 saturated carbocycles. The Hall–Kier alpha value is -3.27. The van der Waals surface area contributed by atoms with Crippen LogP contribution >= 0.6 is 0 Å². The van der Waals surface area contributed by atoms with Gasteiger partial charge in [-0.2, -0.15) is 0 Å². The van der Waals surface area contributed by atoms with E-state index >= 15 is 0 Å². The van der Waals surface area contributed by atoms with Gasteiger partial charge in [0.1, 0.15) is 5.82 Å². The number of aromatic nitrogens is 2. The van der Waals surface area contributed by atoms with Gasteiger partial charge in [0.2, 0.25) is 10.0 Å². The van der Waals surface area contributed by atoms with Crippen molar-refractivity contribution < 1.29 is 16.8 Å². The molecule has 200 valence electrons. The van der Waals surface area contributed by atoms with Crippen LogP contribution < -0.4 is 4.72 Å². The van der Waals surface area contributed by atoms with Crippen LogP contribution in [0.2, 0.25) is 0 Å². The van der Waals surface area contributed by atoms with Gasteiger partial charge in [0, 0.05) is 36.0 Å². The average Bonchev–Trinajstić information content (AvgIpc) is 3.33. The number of unbranched alkanes of at least 4 members (excludes halogenated alkanes) is 2. The Balaban J connectivity index is 1.52. The van der Waals surface area contributed by atoms with Gasteiger partial charge < -0.3 is 4.98 Å². The van der Waals surface area contributed by atoms with Gasteiger partial charge in [-0.1, -0.05) is 74.4 Å². The summed E-state index contributed by atoms with van der Waals surface area (Å²) in [6.45, 7) is 2.33. The maximum absolute atomic E-state index is 12.9. The van der Waals surface area contributed by atoms with E-state index in [1.54, 1.807) is 36.4 Å². The standard InChI is InChI=1S/C29H33N3O4S2/c1-3-4-6-9-22-12-16-26(17-13-22)38(35,36)30-21-20-27-28(23-14-18-25(19-15-23)37(2,33)34)32-29(31-27)24-10-7-5-8-11-24/h5,7-8,10-19,30H,3-4,6,9,20-21H2,1-2H3,(H,31,32). The number of nitrogens with one attached hydrogen (secondary N) is 2. The average molecular weight is 552 g/mol. The van der Waals surface area contributed by atoms with E-state index in [0.29, 0.717) is 17.9 Å². The quantitative estimate of drug-likeness (QED) is 0.229. The van der Waals surface area contributed by atoms with Crippen molar-refractivity contribution in [3.8, 4) is 22.6 Å². The van der Waals surface area contributed by atoms with Crippen LogP contribution in [0.5, 0.6) is 0 Å². The zero-order valence-electron chi connectivity index (χ0n) is 21.6. The Labute approximate surface area is 225 Å². The van der Waals surface area contributed by atoms with Gasteiger partial charge in [-0.05, 0) is 42.7 Å². The number of aromatic amines is 1. The van der Waals surface area contributed by atoms with Crippen molar-refractivity contribution in [1.29, 1.82) is 0 Å². The summed E-state index contributed by atoms with van der Waals surface area (Å²) in [5, 5.41) is 0. The van der Waals surface area contributed by atoms with Crippen molar-refractivity contribution in [1.82, 2.24) is 14.7 Å². The van der Waals surface area contributed by atoms with Crippen molar-refractivity contribution in [3.05, 3.63) is 90.1 Å². The van der Waals surface area contributed by atoms with Crippen molar-refractivity contribution in [3.63, 3.8) is 0 Å². The summed E-state index contributed by atoms with van der Waals surface area (Å²) in [6, 6.07) is 23.3. The highest BCUT2D eigenvalue weighted by molar-refractivity contribution is 7.90. The second-order valence-corrected chi connectivity index (χ2v) is 13.1. The van der Waals surface area contributed by atoms with Gasteiger partial charge in [-0.3, -0.25) is 0 Å². The molecule has 1 aromatic heterocycles. The lowest BCUT2D eigenvalue weighted by atomic mass is 10.1. The van der Waals surface area contributed by atoms with Gasteiger partial charge in [0.15, 0.2) is 9.84 Å². The number of benzene rings is 3. The molecule has 4 rings (SSSR count). The third kappa shape index (κ3) is 6.98. The molecule has 0 spiro atoms. The van der Waals surface area contributed by atoms with E-state index in [2.05, 4.69) is 16.6 Å². The highest BCUT2D eigenvalue weighted by Gasteiger charge is 2.17. The SMILES string of the molecule is CCCCCc1ccc(S(=O)(=O)NCCc2[nH]c(-c3ccccc3)nc2-c2ccc(S(C)(=O)=O)cc2)cc1. The third-order valence-electron chi connectivity index (χ3n) is 6.35. The third-order valence-corrected chi connectivity index (χ3v) is 8.96. The highest BCUT2D eigenvalue weighted by atomic mass is 32.2. The molecule has 3 aromatic carbocycles. The molecule has 0 saturated heterocycles. The second kappa shape index (κ2) is 12.1. The smallest absolute Gasteiger partial charge is 0.240 e. The first-order valence-corrected chi connectivity index (χ1v) is 16.1. The molecule has 0 aliphatic carbocycles. The molecular formula is C29H33N3O4S2. The van der Waals surface area contributed by atoms with E-state index in [1.807, 2.05) is 42.5 Å². The maximum atomic E-state index is 12.9. The van der Waals surface area contributed by atoms with Crippen LogP contribution in [-0.4, -0.2) is 39.6 Å². The van der Waals surface area contributed by atoms with Crippen LogP contribution in [0.25, 0.3) is 22.6 Å². The predicted molar refractivity (Wildman–Crippen MR) is 151 cm³/mol. The Morgan fingerprint density at radius 2 is 1.42 bits per heavy atom. The van der Waals surface area contributed by atoms with E-state index in [9.17, 15) is 16.8 Å². The Morgan fingerprint density at radius 3 is 2.05 bits per heavy atom. The number of hydrogen-bond acceptors (Lipinski definition) is 5.